The van der Waals surface area contributed by atoms with Crippen molar-refractivity contribution < 1.29 is 0 Å². The molecule has 0 aliphatic heterocycles. The third-order valence-corrected chi connectivity index (χ3v) is 4.35. The van der Waals surface area contributed by atoms with Crippen molar-refractivity contribution in [3.05, 3.63) is 35.9 Å². The lowest BCUT2D eigenvalue weighted by atomic mass is 9.65. The maximum Gasteiger partial charge on any atom is 0.00528 e. The largest absolute Gasteiger partial charge is 0.328 e. The monoisotopic (exact) mass is 203 g/mol. The molecule has 1 heteroatoms. The lowest BCUT2D eigenvalue weighted by molar-refractivity contribution is 0.224. The van der Waals surface area contributed by atoms with Crippen LogP contribution in [-0.2, 0) is 5.41 Å². The quantitative estimate of drug-likeness (QED) is 0.745. The molecule has 0 bridgehead atoms. The summed E-state index contributed by atoms with van der Waals surface area (Å²) in [7, 11) is 0. The molecular weight excluding hydrogens is 182 g/mol. The van der Waals surface area contributed by atoms with E-state index in [4.69, 9.17) is 5.73 Å². The van der Waals surface area contributed by atoms with Gasteiger partial charge in [0.05, 0.1) is 0 Å². The van der Waals surface area contributed by atoms with Gasteiger partial charge < -0.3 is 5.73 Å². The highest BCUT2D eigenvalue weighted by atomic mass is 14.7. The summed E-state index contributed by atoms with van der Waals surface area (Å²) in [5.74, 6) is 0. The van der Waals surface area contributed by atoms with Gasteiger partial charge in [-0.2, -0.15) is 0 Å². The van der Waals surface area contributed by atoms with Gasteiger partial charge in [-0.3, -0.25) is 0 Å². The van der Waals surface area contributed by atoms with Crippen molar-refractivity contribution in [2.75, 3.05) is 0 Å². The van der Waals surface area contributed by atoms with Gasteiger partial charge in [-0.1, -0.05) is 51.1 Å². The maximum absolute atomic E-state index is 6.12. The van der Waals surface area contributed by atoms with Gasteiger partial charge in [0.15, 0.2) is 0 Å². The van der Waals surface area contributed by atoms with E-state index in [2.05, 4.69) is 51.1 Å². The molecule has 0 aromatic heterocycles. The lowest BCUT2D eigenvalue weighted by Gasteiger charge is -2.38. The SMILES string of the molecule is CC1(C)CC(N)CC1(C)c1ccccc1. The lowest BCUT2D eigenvalue weighted by Crippen LogP contribution is -2.33. The van der Waals surface area contributed by atoms with E-state index in [1.165, 1.54) is 5.56 Å². The highest BCUT2D eigenvalue weighted by Gasteiger charge is 2.49. The Bertz CT molecular complexity index is 342. The van der Waals surface area contributed by atoms with E-state index in [9.17, 15) is 0 Å². The van der Waals surface area contributed by atoms with Gasteiger partial charge in [-0.25, -0.2) is 0 Å². The van der Waals surface area contributed by atoms with Crippen LogP contribution in [0.25, 0.3) is 0 Å². The first-order valence-electron chi connectivity index (χ1n) is 5.77. The molecule has 0 spiro atoms. The Morgan fingerprint density at radius 2 is 1.67 bits per heavy atom. The van der Waals surface area contributed by atoms with E-state index in [1.807, 2.05) is 0 Å². The van der Waals surface area contributed by atoms with Gasteiger partial charge in [0.2, 0.25) is 0 Å². The minimum absolute atomic E-state index is 0.230. The third kappa shape index (κ3) is 1.59. The second-order valence-electron chi connectivity index (χ2n) is 5.75. The van der Waals surface area contributed by atoms with Crippen LogP contribution in [0.4, 0.5) is 0 Å². The Morgan fingerprint density at radius 3 is 2.13 bits per heavy atom. The van der Waals surface area contributed by atoms with Crippen LogP contribution in [0.15, 0.2) is 30.3 Å². The molecular formula is C14H21N. The van der Waals surface area contributed by atoms with Crippen molar-refractivity contribution >= 4 is 0 Å². The molecule has 0 radical (unpaired) electrons. The number of hydrogen-bond acceptors (Lipinski definition) is 1. The van der Waals surface area contributed by atoms with Crippen LogP contribution in [0.5, 0.6) is 0 Å². The summed E-state index contributed by atoms with van der Waals surface area (Å²) in [6.07, 6.45) is 2.22. The van der Waals surface area contributed by atoms with Crippen molar-refractivity contribution in [1.82, 2.24) is 0 Å². The van der Waals surface area contributed by atoms with E-state index in [0.717, 1.165) is 12.8 Å². The van der Waals surface area contributed by atoms with E-state index in [0.29, 0.717) is 11.5 Å². The number of hydrogen-bond donors (Lipinski definition) is 1. The average Bonchev–Trinajstić information content (AvgIpc) is 2.38. The van der Waals surface area contributed by atoms with Crippen molar-refractivity contribution in [2.24, 2.45) is 11.1 Å². The van der Waals surface area contributed by atoms with Gasteiger partial charge >= 0.3 is 0 Å². The summed E-state index contributed by atoms with van der Waals surface area (Å²) in [6.45, 7) is 7.04. The second-order valence-corrected chi connectivity index (χ2v) is 5.75. The Morgan fingerprint density at radius 1 is 1.07 bits per heavy atom. The fraction of sp³-hybridized carbons (Fsp3) is 0.571. The molecule has 1 fully saturated rings. The van der Waals surface area contributed by atoms with Crippen molar-refractivity contribution in [3.8, 4) is 0 Å². The highest BCUT2D eigenvalue weighted by molar-refractivity contribution is 5.29. The van der Waals surface area contributed by atoms with E-state index < -0.39 is 0 Å². The summed E-state index contributed by atoms with van der Waals surface area (Å²) in [4.78, 5) is 0. The van der Waals surface area contributed by atoms with E-state index >= 15 is 0 Å². The molecule has 2 N–H and O–H groups in total. The minimum atomic E-state index is 0.230. The first-order valence-corrected chi connectivity index (χ1v) is 5.77. The summed E-state index contributed by atoms with van der Waals surface area (Å²) >= 11 is 0. The van der Waals surface area contributed by atoms with Crippen molar-refractivity contribution in [3.63, 3.8) is 0 Å². The van der Waals surface area contributed by atoms with Crippen molar-refractivity contribution in [1.29, 1.82) is 0 Å². The summed E-state index contributed by atoms with van der Waals surface area (Å²) < 4.78 is 0. The standard InChI is InChI=1S/C14H21N/c1-13(2)9-12(15)10-14(13,3)11-7-5-4-6-8-11/h4-8,12H,9-10,15H2,1-3H3. The Labute approximate surface area is 92.7 Å². The van der Waals surface area contributed by atoms with Crippen LogP contribution < -0.4 is 5.73 Å². The fourth-order valence-corrected chi connectivity index (χ4v) is 3.07. The fourth-order valence-electron chi connectivity index (χ4n) is 3.07. The molecule has 2 rings (SSSR count). The van der Waals surface area contributed by atoms with E-state index in [-0.39, 0.29) is 5.41 Å². The Balaban J connectivity index is 2.43. The number of nitrogens with two attached hydrogens (primary N) is 1. The zero-order chi connectivity index (χ0) is 11.1. The summed E-state index contributed by atoms with van der Waals surface area (Å²) in [6, 6.07) is 11.2. The molecule has 2 atom stereocenters. The topological polar surface area (TPSA) is 26.0 Å². The Kier molecular flexibility index (Phi) is 2.38. The number of rotatable bonds is 1. The smallest absolute Gasteiger partial charge is 0.00528 e. The number of benzene rings is 1. The van der Waals surface area contributed by atoms with Gasteiger partial charge in [-0.05, 0) is 29.2 Å². The predicted octanol–water partition coefficient (Wildman–Crippen LogP) is 3.09. The molecule has 82 valence electrons. The van der Waals surface area contributed by atoms with Gasteiger partial charge in [0.25, 0.3) is 0 Å². The molecule has 15 heavy (non-hydrogen) atoms. The van der Waals surface area contributed by atoms with Crippen LogP contribution >= 0.6 is 0 Å². The van der Waals surface area contributed by atoms with E-state index in [1.54, 1.807) is 0 Å². The second kappa shape index (κ2) is 3.34. The van der Waals surface area contributed by atoms with Crippen LogP contribution in [-0.4, -0.2) is 6.04 Å². The first kappa shape index (κ1) is 10.7. The summed E-state index contributed by atoms with van der Waals surface area (Å²) in [5, 5.41) is 0. The molecule has 1 aliphatic carbocycles. The molecule has 1 aromatic rings. The van der Waals surface area contributed by atoms with Crippen LogP contribution in [0.3, 0.4) is 0 Å². The summed E-state index contributed by atoms with van der Waals surface area (Å²) in [5.41, 5.74) is 8.09. The molecule has 0 amide bonds. The first-order chi connectivity index (χ1) is 6.96. The minimum Gasteiger partial charge on any atom is -0.328 e. The maximum atomic E-state index is 6.12. The predicted molar refractivity (Wildman–Crippen MR) is 64.8 cm³/mol. The van der Waals surface area contributed by atoms with Gasteiger partial charge in [0.1, 0.15) is 0 Å². The zero-order valence-corrected chi connectivity index (χ0v) is 9.96. The molecule has 0 saturated heterocycles. The van der Waals surface area contributed by atoms with Gasteiger partial charge in [-0.15, -0.1) is 0 Å². The van der Waals surface area contributed by atoms with Crippen LogP contribution in [0.2, 0.25) is 0 Å². The molecule has 1 saturated carbocycles. The normalized spacial score (nSPS) is 34.3. The van der Waals surface area contributed by atoms with Crippen molar-refractivity contribution in [2.45, 2.75) is 45.1 Å². The molecule has 1 aliphatic rings. The van der Waals surface area contributed by atoms with Crippen LogP contribution in [0.1, 0.15) is 39.2 Å². The molecule has 1 nitrogen and oxygen atoms in total. The molecule has 1 aromatic carbocycles. The van der Waals surface area contributed by atoms with Gasteiger partial charge in [0, 0.05) is 6.04 Å². The average molecular weight is 203 g/mol. The zero-order valence-electron chi connectivity index (χ0n) is 9.96. The molecule has 2 unspecified atom stereocenters. The Hall–Kier alpha value is -0.820. The highest BCUT2D eigenvalue weighted by Crippen LogP contribution is 2.53. The van der Waals surface area contributed by atoms with Crippen LogP contribution in [0, 0.1) is 5.41 Å². The molecule has 0 heterocycles. The third-order valence-electron chi connectivity index (χ3n) is 4.35.